The number of hydrogen-bond donors (Lipinski definition) is 1. The second-order valence-electron chi connectivity index (χ2n) is 5.83. The minimum Gasteiger partial charge on any atom is -0.481 e. The quantitative estimate of drug-likeness (QED) is 0.644. The third-order valence-electron chi connectivity index (χ3n) is 2.48. The molecule has 5 nitrogen and oxygen atoms in total. The Kier molecular flexibility index (Phi) is 6.14. The number of carboxylic acid groups (broad SMARTS) is 1. The Balaban J connectivity index is 2.64. The van der Waals surface area contributed by atoms with Gasteiger partial charge in [0.15, 0.2) is 0 Å². The normalized spacial score (nSPS) is 10.8. The van der Waals surface area contributed by atoms with Crippen molar-refractivity contribution >= 4 is 11.9 Å². The van der Waals surface area contributed by atoms with E-state index < -0.39 is 17.5 Å². The van der Waals surface area contributed by atoms with Gasteiger partial charge in [-0.2, -0.15) is 0 Å². The van der Waals surface area contributed by atoms with Crippen molar-refractivity contribution in [3.63, 3.8) is 0 Å². The second kappa shape index (κ2) is 7.62. The van der Waals surface area contributed by atoms with Gasteiger partial charge < -0.3 is 14.6 Å². The lowest BCUT2D eigenvalue weighted by molar-refractivity contribution is -0.160. The standard InChI is InChI=1S/C17H20O5/c1-5-12-6-13(9-15(18)19)8-14(7-12)10-21-11-16(20)22-17(2,3)4/h1,6-8H,9-11H2,2-4H3,(H,18,19). The minimum absolute atomic E-state index is 0.116. The van der Waals surface area contributed by atoms with Gasteiger partial charge in [-0.05, 0) is 44.0 Å². The Morgan fingerprint density at radius 3 is 2.41 bits per heavy atom. The number of aliphatic carboxylic acids is 1. The SMILES string of the molecule is C#Cc1cc(COCC(=O)OC(C)(C)C)cc(CC(=O)O)c1. The van der Waals surface area contributed by atoms with Crippen LogP contribution in [0, 0.1) is 12.3 Å². The molecule has 0 aliphatic carbocycles. The average Bonchev–Trinajstić information content (AvgIpc) is 2.35. The van der Waals surface area contributed by atoms with Crippen molar-refractivity contribution in [3.05, 3.63) is 34.9 Å². The van der Waals surface area contributed by atoms with Crippen LogP contribution in [0.4, 0.5) is 0 Å². The Labute approximate surface area is 130 Å². The summed E-state index contributed by atoms with van der Waals surface area (Å²) >= 11 is 0. The van der Waals surface area contributed by atoms with Gasteiger partial charge in [-0.3, -0.25) is 4.79 Å². The van der Waals surface area contributed by atoms with Crippen LogP contribution in [0.5, 0.6) is 0 Å². The molecule has 22 heavy (non-hydrogen) atoms. The van der Waals surface area contributed by atoms with Gasteiger partial charge in [-0.25, -0.2) is 4.79 Å². The zero-order valence-corrected chi connectivity index (χ0v) is 13.0. The van der Waals surface area contributed by atoms with Crippen LogP contribution in [-0.4, -0.2) is 29.3 Å². The molecular weight excluding hydrogens is 284 g/mol. The lowest BCUT2D eigenvalue weighted by atomic mass is 10.0. The van der Waals surface area contributed by atoms with Gasteiger partial charge in [0, 0.05) is 5.56 Å². The number of carboxylic acids is 1. The van der Waals surface area contributed by atoms with E-state index in [0.29, 0.717) is 11.1 Å². The van der Waals surface area contributed by atoms with E-state index in [1.165, 1.54) is 0 Å². The fourth-order valence-electron chi connectivity index (χ4n) is 1.83. The molecule has 0 radical (unpaired) electrons. The number of benzene rings is 1. The number of carbonyl (C=O) groups is 2. The highest BCUT2D eigenvalue weighted by atomic mass is 16.6. The Morgan fingerprint density at radius 2 is 1.86 bits per heavy atom. The second-order valence-corrected chi connectivity index (χ2v) is 5.83. The first-order chi connectivity index (χ1) is 10.2. The topological polar surface area (TPSA) is 72.8 Å². The van der Waals surface area contributed by atoms with Crippen molar-refractivity contribution < 1.29 is 24.2 Å². The highest BCUT2D eigenvalue weighted by Crippen LogP contribution is 2.12. The first-order valence-corrected chi connectivity index (χ1v) is 6.80. The molecule has 1 N–H and O–H groups in total. The maximum Gasteiger partial charge on any atom is 0.332 e. The van der Waals surface area contributed by atoms with Gasteiger partial charge >= 0.3 is 11.9 Å². The molecule has 0 bridgehead atoms. The Hall–Kier alpha value is -2.32. The van der Waals surface area contributed by atoms with Gasteiger partial charge in [0.1, 0.15) is 12.2 Å². The molecule has 0 saturated carbocycles. The predicted molar refractivity (Wildman–Crippen MR) is 81.2 cm³/mol. The number of rotatable bonds is 6. The summed E-state index contributed by atoms with van der Waals surface area (Å²) in [6.45, 7) is 5.31. The summed E-state index contributed by atoms with van der Waals surface area (Å²) in [5.74, 6) is 1.08. The smallest absolute Gasteiger partial charge is 0.332 e. The molecule has 0 aliphatic heterocycles. The molecule has 0 aliphatic rings. The van der Waals surface area contributed by atoms with Gasteiger partial charge in [-0.1, -0.05) is 12.0 Å². The zero-order valence-electron chi connectivity index (χ0n) is 13.0. The predicted octanol–water partition coefficient (Wildman–Crippen LogP) is 2.15. The first kappa shape index (κ1) is 17.7. The van der Waals surface area contributed by atoms with Gasteiger partial charge in [-0.15, -0.1) is 6.42 Å². The summed E-state index contributed by atoms with van der Waals surface area (Å²) in [4.78, 5) is 22.3. The van der Waals surface area contributed by atoms with Crippen molar-refractivity contribution in [1.29, 1.82) is 0 Å². The van der Waals surface area contributed by atoms with Crippen LogP contribution in [-0.2, 0) is 32.1 Å². The van der Waals surface area contributed by atoms with Gasteiger partial charge in [0.05, 0.1) is 13.0 Å². The van der Waals surface area contributed by atoms with Crippen molar-refractivity contribution in [2.45, 2.75) is 39.4 Å². The highest BCUT2D eigenvalue weighted by Gasteiger charge is 2.16. The van der Waals surface area contributed by atoms with Gasteiger partial charge in [0.2, 0.25) is 0 Å². The fourth-order valence-corrected chi connectivity index (χ4v) is 1.83. The summed E-state index contributed by atoms with van der Waals surface area (Å²) in [6.07, 6.45) is 5.24. The molecule has 1 aromatic carbocycles. The molecule has 0 unspecified atom stereocenters. The number of hydrogen-bond acceptors (Lipinski definition) is 4. The Bertz CT molecular complexity index is 590. The molecule has 0 atom stereocenters. The molecule has 0 fully saturated rings. The maximum absolute atomic E-state index is 11.5. The largest absolute Gasteiger partial charge is 0.481 e. The molecule has 0 amide bonds. The summed E-state index contributed by atoms with van der Waals surface area (Å²) in [6, 6.07) is 5.07. The molecule has 0 saturated heterocycles. The van der Waals surface area contributed by atoms with Crippen LogP contribution >= 0.6 is 0 Å². The van der Waals surface area contributed by atoms with E-state index in [1.807, 2.05) is 0 Å². The van der Waals surface area contributed by atoms with Crippen LogP contribution < -0.4 is 0 Å². The summed E-state index contributed by atoms with van der Waals surface area (Å²) in [5, 5.41) is 8.83. The van der Waals surface area contributed by atoms with Crippen LogP contribution in [0.1, 0.15) is 37.5 Å². The number of carbonyl (C=O) groups excluding carboxylic acids is 1. The lowest BCUT2D eigenvalue weighted by Gasteiger charge is -2.19. The van der Waals surface area contributed by atoms with Crippen molar-refractivity contribution in [2.24, 2.45) is 0 Å². The number of terminal acetylenes is 1. The highest BCUT2D eigenvalue weighted by molar-refractivity contribution is 5.71. The zero-order chi connectivity index (χ0) is 16.8. The van der Waals surface area contributed by atoms with Crippen LogP contribution in [0.25, 0.3) is 0 Å². The first-order valence-electron chi connectivity index (χ1n) is 6.80. The molecule has 118 valence electrons. The van der Waals surface area contributed by atoms with Crippen molar-refractivity contribution in [3.8, 4) is 12.3 Å². The van der Waals surface area contributed by atoms with Gasteiger partial charge in [0.25, 0.3) is 0 Å². The van der Waals surface area contributed by atoms with E-state index in [1.54, 1.807) is 39.0 Å². The van der Waals surface area contributed by atoms with Crippen LogP contribution in [0.15, 0.2) is 18.2 Å². The number of ether oxygens (including phenoxy) is 2. The van der Waals surface area contributed by atoms with Crippen LogP contribution in [0.2, 0.25) is 0 Å². The van der Waals surface area contributed by atoms with Crippen LogP contribution in [0.3, 0.4) is 0 Å². The van der Waals surface area contributed by atoms with Crippen molar-refractivity contribution in [2.75, 3.05) is 6.61 Å². The third-order valence-corrected chi connectivity index (χ3v) is 2.48. The summed E-state index contributed by atoms with van der Waals surface area (Å²) in [7, 11) is 0. The molecular formula is C17H20O5. The average molecular weight is 304 g/mol. The molecule has 0 spiro atoms. The van der Waals surface area contributed by atoms with Crippen molar-refractivity contribution in [1.82, 2.24) is 0 Å². The van der Waals surface area contributed by atoms with E-state index in [0.717, 1.165) is 5.56 Å². The minimum atomic E-state index is -0.935. The number of esters is 1. The molecule has 1 aromatic rings. The summed E-state index contributed by atoms with van der Waals surface area (Å²) < 4.78 is 10.4. The molecule has 5 heteroatoms. The fraction of sp³-hybridized carbons (Fsp3) is 0.412. The van der Waals surface area contributed by atoms with E-state index >= 15 is 0 Å². The Morgan fingerprint density at radius 1 is 1.23 bits per heavy atom. The molecule has 1 rings (SSSR count). The van der Waals surface area contributed by atoms with E-state index in [9.17, 15) is 9.59 Å². The third kappa shape index (κ3) is 6.91. The monoisotopic (exact) mass is 304 g/mol. The summed E-state index contributed by atoms with van der Waals surface area (Å²) in [5.41, 5.74) is 1.34. The lowest BCUT2D eigenvalue weighted by Crippen LogP contribution is -2.26. The maximum atomic E-state index is 11.5. The van der Waals surface area contributed by atoms with E-state index in [-0.39, 0.29) is 19.6 Å². The molecule has 0 aromatic heterocycles. The van der Waals surface area contributed by atoms with E-state index in [2.05, 4.69) is 5.92 Å². The molecule has 0 heterocycles. The van der Waals surface area contributed by atoms with E-state index in [4.69, 9.17) is 21.0 Å².